The molecule has 0 bridgehead atoms. The molecule has 0 aromatic carbocycles. The Labute approximate surface area is 105 Å². The number of hydrogen-bond donors (Lipinski definition) is 1. The average molecular weight is 238 g/mol. The predicted octanol–water partition coefficient (Wildman–Crippen LogP) is 2.30. The second-order valence-electron chi connectivity index (χ2n) is 5.88. The maximum absolute atomic E-state index is 12.4. The van der Waals surface area contributed by atoms with Crippen LogP contribution in [0, 0.1) is 5.41 Å². The van der Waals surface area contributed by atoms with Crippen LogP contribution in [0.15, 0.2) is 0 Å². The standard InChI is InChI=1S/C14H26N2O/c1-2-12-6-3-4-9-16(12)13(17)10-14(11-15)7-5-8-14/h12H,2-11,15H2,1H3. The Morgan fingerprint density at radius 3 is 2.65 bits per heavy atom. The Balaban J connectivity index is 1.93. The normalized spacial score (nSPS) is 27.6. The van der Waals surface area contributed by atoms with Gasteiger partial charge < -0.3 is 10.6 Å². The van der Waals surface area contributed by atoms with Gasteiger partial charge in [-0.2, -0.15) is 0 Å². The Morgan fingerprint density at radius 1 is 1.35 bits per heavy atom. The molecule has 98 valence electrons. The van der Waals surface area contributed by atoms with Crippen molar-refractivity contribution in [3.8, 4) is 0 Å². The fraction of sp³-hybridized carbons (Fsp3) is 0.929. The molecule has 17 heavy (non-hydrogen) atoms. The molecule has 1 saturated carbocycles. The SMILES string of the molecule is CCC1CCCCN1C(=O)CC1(CN)CCC1. The largest absolute Gasteiger partial charge is 0.340 e. The average Bonchev–Trinajstić information content (AvgIpc) is 2.33. The number of nitrogens with two attached hydrogens (primary N) is 1. The summed E-state index contributed by atoms with van der Waals surface area (Å²) in [6.07, 6.45) is 9.00. The molecule has 2 rings (SSSR count). The minimum Gasteiger partial charge on any atom is -0.340 e. The molecule has 3 nitrogen and oxygen atoms in total. The summed E-state index contributed by atoms with van der Waals surface area (Å²) in [5.74, 6) is 0.363. The molecule has 1 aliphatic heterocycles. The van der Waals surface area contributed by atoms with Gasteiger partial charge in [-0.1, -0.05) is 13.3 Å². The maximum Gasteiger partial charge on any atom is 0.223 e. The minimum absolute atomic E-state index is 0.160. The lowest BCUT2D eigenvalue weighted by Gasteiger charge is -2.43. The zero-order valence-electron chi connectivity index (χ0n) is 11.1. The van der Waals surface area contributed by atoms with Gasteiger partial charge in [0.2, 0.25) is 5.91 Å². The van der Waals surface area contributed by atoms with E-state index >= 15 is 0 Å². The quantitative estimate of drug-likeness (QED) is 0.817. The van der Waals surface area contributed by atoms with Crippen molar-refractivity contribution in [2.45, 2.75) is 64.3 Å². The van der Waals surface area contributed by atoms with Gasteiger partial charge in [0.05, 0.1) is 0 Å². The second-order valence-corrected chi connectivity index (χ2v) is 5.88. The number of nitrogens with zero attached hydrogens (tertiary/aromatic N) is 1. The van der Waals surface area contributed by atoms with Crippen LogP contribution in [0.2, 0.25) is 0 Å². The summed E-state index contributed by atoms with van der Waals surface area (Å²) in [6, 6.07) is 0.492. The van der Waals surface area contributed by atoms with Crippen LogP contribution >= 0.6 is 0 Å². The van der Waals surface area contributed by atoms with Crippen LogP contribution in [0.1, 0.15) is 58.3 Å². The van der Waals surface area contributed by atoms with Crippen LogP contribution in [-0.2, 0) is 4.79 Å². The molecule has 0 aromatic rings. The van der Waals surface area contributed by atoms with Crippen molar-refractivity contribution in [1.29, 1.82) is 0 Å². The van der Waals surface area contributed by atoms with Crippen molar-refractivity contribution in [3.63, 3.8) is 0 Å². The summed E-state index contributed by atoms with van der Waals surface area (Å²) in [5, 5.41) is 0. The molecule has 0 radical (unpaired) electrons. The highest BCUT2D eigenvalue weighted by molar-refractivity contribution is 5.77. The third kappa shape index (κ3) is 2.65. The number of carbonyl (C=O) groups is 1. The van der Waals surface area contributed by atoms with Gasteiger partial charge in [0.15, 0.2) is 0 Å². The zero-order valence-corrected chi connectivity index (χ0v) is 11.1. The van der Waals surface area contributed by atoms with Crippen molar-refractivity contribution in [1.82, 2.24) is 4.90 Å². The molecule has 0 aromatic heterocycles. The van der Waals surface area contributed by atoms with Gasteiger partial charge in [0, 0.05) is 19.0 Å². The van der Waals surface area contributed by atoms with Gasteiger partial charge in [-0.3, -0.25) is 4.79 Å². The van der Waals surface area contributed by atoms with Gasteiger partial charge in [0.25, 0.3) is 0 Å². The molecule has 2 aliphatic rings. The molecule has 1 saturated heterocycles. The van der Waals surface area contributed by atoms with E-state index in [-0.39, 0.29) is 5.41 Å². The monoisotopic (exact) mass is 238 g/mol. The van der Waals surface area contributed by atoms with Crippen molar-refractivity contribution in [3.05, 3.63) is 0 Å². The molecule has 3 heteroatoms. The first-order valence-corrected chi connectivity index (χ1v) is 7.20. The summed E-state index contributed by atoms with van der Waals surface area (Å²) < 4.78 is 0. The third-order valence-electron chi connectivity index (χ3n) is 4.79. The Kier molecular flexibility index (Phi) is 4.08. The molecule has 1 unspecified atom stereocenters. The summed E-state index contributed by atoms with van der Waals surface area (Å²) in [4.78, 5) is 14.5. The molecular formula is C14H26N2O. The number of likely N-dealkylation sites (tertiary alicyclic amines) is 1. The van der Waals surface area contributed by atoms with Gasteiger partial charge in [-0.15, -0.1) is 0 Å². The lowest BCUT2D eigenvalue weighted by Crippen LogP contribution is -2.48. The van der Waals surface area contributed by atoms with Gasteiger partial charge in [-0.25, -0.2) is 0 Å². The topological polar surface area (TPSA) is 46.3 Å². The molecule has 0 spiro atoms. The smallest absolute Gasteiger partial charge is 0.223 e. The Bertz CT molecular complexity index is 268. The van der Waals surface area contributed by atoms with E-state index in [1.54, 1.807) is 0 Å². The Hall–Kier alpha value is -0.570. The number of hydrogen-bond acceptors (Lipinski definition) is 2. The highest BCUT2D eigenvalue weighted by Crippen LogP contribution is 2.43. The van der Waals surface area contributed by atoms with Crippen LogP contribution in [0.4, 0.5) is 0 Å². The molecule has 1 amide bonds. The fourth-order valence-electron chi connectivity index (χ4n) is 3.31. The van der Waals surface area contributed by atoms with E-state index in [4.69, 9.17) is 5.73 Å². The van der Waals surface area contributed by atoms with Crippen molar-refractivity contribution in [2.24, 2.45) is 11.1 Å². The fourth-order valence-corrected chi connectivity index (χ4v) is 3.31. The highest BCUT2D eigenvalue weighted by Gasteiger charge is 2.39. The first kappa shape index (κ1) is 12.9. The first-order valence-electron chi connectivity index (χ1n) is 7.20. The van der Waals surface area contributed by atoms with E-state index in [1.165, 1.54) is 25.7 Å². The summed E-state index contributed by atoms with van der Waals surface area (Å²) >= 11 is 0. The summed E-state index contributed by atoms with van der Waals surface area (Å²) in [5.41, 5.74) is 6.00. The number of piperidine rings is 1. The highest BCUT2D eigenvalue weighted by atomic mass is 16.2. The summed E-state index contributed by atoms with van der Waals surface area (Å²) in [6.45, 7) is 3.85. The molecule has 2 N–H and O–H groups in total. The molecule has 1 aliphatic carbocycles. The van der Waals surface area contributed by atoms with E-state index in [9.17, 15) is 4.79 Å². The Morgan fingerprint density at radius 2 is 2.12 bits per heavy atom. The van der Waals surface area contributed by atoms with E-state index in [2.05, 4.69) is 11.8 Å². The predicted molar refractivity (Wildman–Crippen MR) is 69.6 cm³/mol. The molecule has 2 fully saturated rings. The van der Waals surface area contributed by atoms with Gasteiger partial charge in [-0.05, 0) is 50.5 Å². The van der Waals surface area contributed by atoms with Crippen molar-refractivity contribution < 1.29 is 4.79 Å². The van der Waals surface area contributed by atoms with Crippen molar-refractivity contribution >= 4 is 5.91 Å². The van der Waals surface area contributed by atoms with E-state index in [1.807, 2.05) is 0 Å². The van der Waals surface area contributed by atoms with Crippen LogP contribution in [0.5, 0.6) is 0 Å². The van der Waals surface area contributed by atoms with Crippen LogP contribution < -0.4 is 5.73 Å². The third-order valence-corrected chi connectivity index (χ3v) is 4.79. The summed E-state index contributed by atoms with van der Waals surface area (Å²) in [7, 11) is 0. The number of rotatable bonds is 4. The first-order chi connectivity index (χ1) is 8.21. The molecular weight excluding hydrogens is 212 g/mol. The van der Waals surface area contributed by atoms with Crippen molar-refractivity contribution in [2.75, 3.05) is 13.1 Å². The number of carbonyl (C=O) groups excluding carboxylic acids is 1. The van der Waals surface area contributed by atoms with E-state index in [0.717, 1.165) is 25.8 Å². The van der Waals surface area contributed by atoms with E-state index < -0.39 is 0 Å². The van der Waals surface area contributed by atoms with Crippen LogP contribution in [0.3, 0.4) is 0 Å². The van der Waals surface area contributed by atoms with E-state index in [0.29, 0.717) is 24.9 Å². The molecule has 1 atom stereocenters. The van der Waals surface area contributed by atoms with Gasteiger partial charge in [0.1, 0.15) is 0 Å². The minimum atomic E-state index is 0.160. The maximum atomic E-state index is 12.4. The van der Waals surface area contributed by atoms with Crippen LogP contribution in [-0.4, -0.2) is 29.9 Å². The lowest BCUT2D eigenvalue weighted by atomic mass is 9.66. The lowest BCUT2D eigenvalue weighted by molar-refractivity contribution is -0.138. The van der Waals surface area contributed by atoms with Gasteiger partial charge >= 0.3 is 0 Å². The zero-order chi connectivity index (χ0) is 12.3. The van der Waals surface area contributed by atoms with Crippen LogP contribution in [0.25, 0.3) is 0 Å². The second kappa shape index (κ2) is 5.38. The number of amides is 1. The molecule has 1 heterocycles.